The molecule has 2 heterocycles. The first-order valence-corrected chi connectivity index (χ1v) is 13.9. The predicted molar refractivity (Wildman–Crippen MR) is 159 cm³/mol. The fourth-order valence-electron chi connectivity index (χ4n) is 4.39. The van der Waals surface area contributed by atoms with Gasteiger partial charge in [-0.25, -0.2) is 0 Å². The molecule has 1 amide bonds. The minimum atomic E-state index is -0.311. The van der Waals surface area contributed by atoms with E-state index in [9.17, 15) is 14.9 Å². The van der Waals surface area contributed by atoms with Crippen LogP contribution in [0.5, 0.6) is 0 Å². The summed E-state index contributed by atoms with van der Waals surface area (Å²) in [5.41, 5.74) is 3.18. The largest absolute Gasteiger partial charge is 0.371 e. The van der Waals surface area contributed by atoms with Crippen LogP contribution in [0.25, 0.3) is 6.08 Å². The van der Waals surface area contributed by atoms with Crippen LogP contribution in [0.4, 0.5) is 5.82 Å². The number of amides is 1. The number of pyridine rings is 1. The van der Waals surface area contributed by atoms with Crippen LogP contribution in [0, 0.1) is 18.3 Å². The molecule has 1 aliphatic rings. The minimum absolute atomic E-state index is 0.0979. The molecule has 0 unspecified atom stereocenters. The van der Waals surface area contributed by atoms with Gasteiger partial charge in [0.05, 0.1) is 11.4 Å². The van der Waals surface area contributed by atoms with Crippen molar-refractivity contribution in [3.8, 4) is 6.07 Å². The number of unbranched alkanes of at least 4 members (excludes halogenated alkanes) is 1. The summed E-state index contributed by atoms with van der Waals surface area (Å²) in [7, 11) is 0. The fourth-order valence-corrected chi connectivity index (χ4v) is 5.62. The van der Waals surface area contributed by atoms with E-state index in [4.69, 9.17) is 12.2 Å². The van der Waals surface area contributed by atoms with Crippen molar-refractivity contribution in [2.75, 3.05) is 11.9 Å². The van der Waals surface area contributed by atoms with Gasteiger partial charge in [-0.3, -0.25) is 19.1 Å². The van der Waals surface area contributed by atoms with Gasteiger partial charge in [-0.05, 0) is 42.5 Å². The molecule has 3 aromatic rings. The van der Waals surface area contributed by atoms with Crippen molar-refractivity contribution in [2.45, 2.75) is 46.2 Å². The van der Waals surface area contributed by atoms with Crippen molar-refractivity contribution >= 4 is 46.1 Å². The third-order valence-corrected chi connectivity index (χ3v) is 7.87. The summed E-state index contributed by atoms with van der Waals surface area (Å²) in [6, 6.07) is 21.9. The highest BCUT2D eigenvalue weighted by atomic mass is 32.2. The number of hydrogen-bond acceptors (Lipinski definition) is 6. The van der Waals surface area contributed by atoms with Gasteiger partial charge in [-0.15, -0.1) is 0 Å². The summed E-state index contributed by atoms with van der Waals surface area (Å²) in [4.78, 5) is 28.8. The molecule has 0 spiro atoms. The molecular weight excluding hydrogens is 512 g/mol. The number of nitriles is 1. The van der Waals surface area contributed by atoms with Crippen molar-refractivity contribution < 1.29 is 4.79 Å². The summed E-state index contributed by atoms with van der Waals surface area (Å²) in [5, 5.41) is 13.3. The van der Waals surface area contributed by atoms with Gasteiger partial charge in [0, 0.05) is 18.7 Å². The van der Waals surface area contributed by atoms with Crippen LogP contribution < -0.4 is 10.9 Å². The van der Waals surface area contributed by atoms with Gasteiger partial charge in [0.15, 0.2) is 0 Å². The predicted octanol–water partition coefficient (Wildman–Crippen LogP) is 5.88. The van der Waals surface area contributed by atoms with E-state index in [1.54, 1.807) is 22.5 Å². The molecule has 1 aliphatic heterocycles. The van der Waals surface area contributed by atoms with Gasteiger partial charge < -0.3 is 5.32 Å². The Morgan fingerprint density at radius 2 is 1.71 bits per heavy atom. The number of thioether (sulfide) groups is 1. The van der Waals surface area contributed by atoms with Crippen LogP contribution in [0.3, 0.4) is 0 Å². The zero-order valence-corrected chi connectivity index (χ0v) is 23.2. The lowest BCUT2D eigenvalue weighted by molar-refractivity contribution is -0.122. The van der Waals surface area contributed by atoms with Crippen LogP contribution in [-0.4, -0.2) is 26.2 Å². The molecule has 4 rings (SSSR count). The van der Waals surface area contributed by atoms with E-state index in [0.717, 1.165) is 24.8 Å². The fraction of sp³-hybridized carbons (Fsp3) is 0.267. The number of rotatable bonds is 10. The van der Waals surface area contributed by atoms with E-state index in [1.807, 2.05) is 48.5 Å². The Balaban J connectivity index is 1.73. The Morgan fingerprint density at radius 1 is 1.05 bits per heavy atom. The monoisotopic (exact) mass is 542 g/mol. The lowest BCUT2D eigenvalue weighted by atomic mass is 10.0. The number of carbonyl (C=O) groups is 1. The molecule has 0 bridgehead atoms. The zero-order valence-electron chi connectivity index (χ0n) is 21.6. The molecule has 0 atom stereocenters. The average molecular weight is 543 g/mol. The first kappa shape index (κ1) is 27.4. The van der Waals surface area contributed by atoms with Crippen molar-refractivity contribution in [3.05, 3.63) is 104 Å². The number of nitrogens with zero attached hydrogens (tertiary/aromatic N) is 3. The number of hydrogen-bond donors (Lipinski definition) is 1. The standard InChI is InChI=1S/C30H30N4O2S2/c1-3-4-17-33-27(32-16-15-22-11-7-5-8-12-22)24(21(2)25(19-31)28(33)35)18-26-29(36)34(30(37)38-26)20-23-13-9-6-10-14-23/h5-14,18,32H,3-4,15-17,20H2,1-2H3/b26-18+. The van der Waals surface area contributed by atoms with E-state index in [2.05, 4.69) is 30.4 Å². The van der Waals surface area contributed by atoms with Gasteiger partial charge >= 0.3 is 0 Å². The number of benzene rings is 2. The summed E-state index contributed by atoms with van der Waals surface area (Å²) in [6.07, 6.45) is 4.24. The maximum Gasteiger partial charge on any atom is 0.270 e. The van der Waals surface area contributed by atoms with Gasteiger partial charge in [-0.2, -0.15) is 5.26 Å². The zero-order chi connectivity index (χ0) is 27.1. The molecule has 0 radical (unpaired) electrons. The van der Waals surface area contributed by atoms with Gasteiger partial charge in [0.2, 0.25) is 0 Å². The smallest absolute Gasteiger partial charge is 0.270 e. The Hall–Kier alpha value is -3.67. The second-order valence-corrected chi connectivity index (χ2v) is 10.8. The molecule has 1 fully saturated rings. The lowest BCUT2D eigenvalue weighted by Gasteiger charge is -2.20. The SMILES string of the molecule is CCCCn1c(NCCc2ccccc2)c(/C=C2/SC(=S)N(Cc3ccccc3)C2=O)c(C)c(C#N)c1=O. The van der Waals surface area contributed by atoms with Gasteiger partial charge in [0.1, 0.15) is 21.8 Å². The highest BCUT2D eigenvalue weighted by Crippen LogP contribution is 2.36. The third kappa shape index (κ3) is 6.07. The van der Waals surface area contributed by atoms with Gasteiger partial charge in [-0.1, -0.05) is 98.0 Å². The van der Waals surface area contributed by atoms with Crippen molar-refractivity contribution in [1.29, 1.82) is 5.26 Å². The first-order valence-electron chi connectivity index (χ1n) is 12.7. The van der Waals surface area contributed by atoms with E-state index in [-0.39, 0.29) is 17.0 Å². The Labute approximate surface area is 233 Å². The molecule has 8 heteroatoms. The maximum atomic E-state index is 13.4. The average Bonchev–Trinajstić information content (AvgIpc) is 3.19. The van der Waals surface area contributed by atoms with E-state index < -0.39 is 0 Å². The molecule has 2 aromatic carbocycles. The highest BCUT2D eigenvalue weighted by Gasteiger charge is 2.33. The second kappa shape index (κ2) is 12.7. The summed E-state index contributed by atoms with van der Waals surface area (Å²) in [5.74, 6) is 0.451. The van der Waals surface area contributed by atoms with Crippen LogP contribution in [0.1, 0.15) is 47.6 Å². The van der Waals surface area contributed by atoms with Crippen LogP contribution in [0.15, 0.2) is 70.4 Å². The third-order valence-electron chi connectivity index (χ3n) is 6.49. The molecule has 1 aromatic heterocycles. The van der Waals surface area contributed by atoms with Crippen molar-refractivity contribution in [3.63, 3.8) is 0 Å². The second-order valence-electron chi connectivity index (χ2n) is 9.10. The summed E-state index contributed by atoms with van der Waals surface area (Å²) < 4.78 is 2.14. The maximum absolute atomic E-state index is 13.4. The lowest BCUT2D eigenvalue weighted by Crippen LogP contribution is -2.29. The summed E-state index contributed by atoms with van der Waals surface area (Å²) >= 11 is 6.80. The topological polar surface area (TPSA) is 78.1 Å². The van der Waals surface area contributed by atoms with E-state index >= 15 is 0 Å². The van der Waals surface area contributed by atoms with Gasteiger partial charge in [0.25, 0.3) is 11.5 Å². The Morgan fingerprint density at radius 3 is 2.34 bits per heavy atom. The normalized spacial score (nSPS) is 14.2. The molecule has 0 saturated carbocycles. The van der Waals surface area contributed by atoms with E-state index in [0.29, 0.717) is 45.8 Å². The first-order chi connectivity index (χ1) is 18.4. The molecule has 6 nitrogen and oxygen atoms in total. The van der Waals surface area contributed by atoms with Crippen LogP contribution in [0.2, 0.25) is 0 Å². The molecule has 194 valence electrons. The quantitative estimate of drug-likeness (QED) is 0.254. The van der Waals surface area contributed by atoms with Crippen LogP contribution in [-0.2, 0) is 24.3 Å². The molecular formula is C30H30N4O2S2. The number of thiocarbonyl (C=S) groups is 1. The number of carbonyl (C=O) groups excluding carboxylic acids is 1. The Kier molecular flexibility index (Phi) is 9.16. The molecule has 1 N–H and O–H groups in total. The minimum Gasteiger partial charge on any atom is -0.371 e. The number of aromatic nitrogens is 1. The molecule has 1 saturated heterocycles. The highest BCUT2D eigenvalue weighted by molar-refractivity contribution is 8.26. The molecule has 0 aliphatic carbocycles. The van der Waals surface area contributed by atoms with Crippen molar-refractivity contribution in [2.24, 2.45) is 0 Å². The summed E-state index contributed by atoms with van der Waals surface area (Å²) in [6.45, 7) is 5.29. The van der Waals surface area contributed by atoms with Crippen molar-refractivity contribution in [1.82, 2.24) is 9.47 Å². The molecule has 38 heavy (non-hydrogen) atoms. The number of nitrogens with one attached hydrogen (secondary N) is 1. The van der Waals surface area contributed by atoms with Crippen LogP contribution >= 0.6 is 24.0 Å². The Bertz CT molecular complexity index is 1460. The number of anilines is 1. The van der Waals surface area contributed by atoms with E-state index in [1.165, 1.54) is 17.3 Å².